The monoisotopic (exact) mass is 241 g/mol. The molecular formula is C15H31NO. The van der Waals surface area contributed by atoms with E-state index in [4.69, 9.17) is 4.74 Å². The molecule has 0 heterocycles. The van der Waals surface area contributed by atoms with Gasteiger partial charge in [-0.15, -0.1) is 0 Å². The van der Waals surface area contributed by atoms with Gasteiger partial charge in [0.15, 0.2) is 0 Å². The highest BCUT2D eigenvalue weighted by Gasteiger charge is 2.22. The molecule has 17 heavy (non-hydrogen) atoms. The van der Waals surface area contributed by atoms with Gasteiger partial charge in [-0.05, 0) is 32.2 Å². The molecule has 1 saturated carbocycles. The Hall–Kier alpha value is -0.0800. The van der Waals surface area contributed by atoms with Crippen LogP contribution in [0.5, 0.6) is 0 Å². The minimum absolute atomic E-state index is 0.466. The molecule has 102 valence electrons. The fourth-order valence-electron chi connectivity index (χ4n) is 2.59. The minimum Gasteiger partial charge on any atom is -0.377 e. The van der Waals surface area contributed by atoms with Crippen LogP contribution in [0.1, 0.15) is 71.6 Å². The van der Waals surface area contributed by atoms with Gasteiger partial charge in [-0.2, -0.15) is 0 Å². The molecule has 2 atom stereocenters. The lowest BCUT2D eigenvalue weighted by atomic mass is 9.94. The number of unbranched alkanes of at least 4 members (excludes halogenated alkanes) is 1. The quantitative estimate of drug-likeness (QED) is 0.683. The van der Waals surface area contributed by atoms with Crippen molar-refractivity contribution in [3.05, 3.63) is 0 Å². The van der Waals surface area contributed by atoms with E-state index in [1.54, 1.807) is 0 Å². The lowest BCUT2D eigenvalue weighted by molar-refractivity contribution is 0.0121. The van der Waals surface area contributed by atoms with E-state index in [0.717, 1.165) is 13.2 Å². The maximum atomic E-state index is 6.11. The molecule has 2 heteroatoms. The van der Waals surface area contributed by atoms with Gasteiger partial charge in [0.25, 0.3) is 0 Å². The van der Waals surface area contributed by atoms with Crippen molar-refractivity contribution in [3.8, 4) is 0 Å². The molecule has 0 saturated heterocycles. The third-order valence-electron chi connectivity index (χ3n) is 3.69. The summed E-state index contributed by atoms with van der Waals surface area (Å²) < 4.78 is 6.11. The average molecular weight is 241 g/mol. The first kappa shape index (κ1) is 15.0. The van der Waals surface area contributed by atoms with Crippen LogP contribution in [-0.2, 0) is 4.74 Å². The lowest BCUT2D eigenvalue weighted by Crippen LogP contribution is -2.42. The van der Waals surface area contributed by atoms with Crippen LogP contribution in [0.15, 0.2) is 0 Å². The molecule has 1 rings (SSSR count). The van der Waals surface area contributed by atoms with Crippen molar-refractivity contribution in [3.63, 3.8) is 0 Å². The van der Waals surface area contributed by atoms with Crippen LogP contribution in [0.4, 0.5) is 0 Å². The van der Waals surface area contributed by atoms with E-state index >= 15 is 0 Å². The topological polar surface area (TPSA) is 21.3 Å². The molecule has 0 amide bonds. The fraction of sp³-hybridized carbons (Fsp3) is 1.00. The maximum Gasteiger partial charge on any atom is 0.0728 e. The van der Waals surface area contributed by atoms with Crippen molar-refractivity contribution in [2.45, 2.75) is 83.8 Å². The Balaban J connectivity index is 2.37. The summed E-state index contributed by atoms with van der Waals surface area (Å²) in [7, 11) is 0. The van der Waals surface area contributed by atoms with Crippen molar-refractivity contribution in [1.82, 2.24) is 5.32 Å². The lowest BCUT2D eigenvalue weighted by Gasteiger charge is -2.30. The Bertz CT molecular complexity index is 170. The number of hydrogen-bond donors (Lipinski definition) is 1. The maximum absolute atomic E-state index is 6.11. The molecule has 2 unspecified atom stereocenters. The molecule has 1 N–H and O–H groups in total. The summed E-state index contributed by atoms with van der Waals surface area (Å²) in [6.45, 7) is 6.56. The highest BCUT2D eigenvalue weighted by atomic mass is 16.5. The Morgan fingerprint density at radius 2 is 1.76 bits per heavy atom. The molecule has 1 aliphatic rings. The third kappa shape index (κ3) is 6.42. The third-order valence-corrected chi connectivity index (χ3v) is 3.69. The van der Waals surface area contributed by atoms with Crippen LogP contribution in [-0.4, -0.2) is 25.3 Å². The van der Waals surface area contributed by atoms with Gasteiger partial charge in [-0.25, -0.2) is 0 Å². The smallest absolute Gasteiger partial charge is 0.0728 e. The van der Waals surface area contributed by atoms with Gasteiger partial charge in [0.05, 0.1) is 6.10 Å². The fourth-order valence-corrected chi connectivity index (χ4v) is 2.59. The van der Waals surface area contributed by atoms with E-state index in [1.165, 1.54) is 57.8 Å². The molecule has 2 nitrogen and oxygen atoms in total. The highest BCUT2D eigenvalue weighted by Crippen LogP contribution is 2.20. The molecule has 0 aromatic heterocycles. The van der Waals surface area contributed by atoms with Gasteiger partial charge in [-0.3, -0.25) is 0 Å². The van der Waals surface area contributed by atoms with E-state index in [9.17, 15) is 0 Å². The molecule has 0 aliphatic heterocycles. The SMILES string of the molecule is CCCCOC1CCCCCCC1NCCC. The Labute approximate surface area is 108 Å². The van der Waals surface area contributed by atoms with Crippen LogP contribution in [0.3, 0.4) is 0 Å². The van der Waals surface area contributed by atoms with Gasteiger partial charge in [0, 0.05) is 12.6 Å². The van der Waals surface area contributed by atoms with Gasteiger partial charge < -0.3 is 10.1 Å². The predicted molar refractivity (Wildman–Crippen MR) is 74.4 cm³/mol. The molecule has 0 bridgehead atoms. The van der Waals surface area contributed by atoms with Crippen molar-refractivity contribution in [2.75, 3.05) is 13.2 Å². The van der Waals surface area contributed by atoms with Gasteiger partial charge in [-0.1, -0.05) is 46.0 Å². The average Bonchev–Trinajstić information content (AvgIpc) is 2.31. The second-order valence-electron chi connectivity index (χ2n) is 5.31. The van der Waals surface area contributed by atoms with Crippen molar-refractivity contribution in [2.24, 2.45) is 0 Å². The summed E-state index contributed by atoms with van der Waals surface area (Å²) in [4.78, 5) is 0. The number of ether oxygens (including phenoxy) is 1. The summed E-state index contributed by atoms with van der Waals surface area (Å²) in [6.07, 6.45) is 12.2. The number of rotatable bonds is 7. The molecule has 1 aliphatic carbocycles. The molecular weight excluding hydrogens is 210 g/mol. The zero-order valence-electron chi connectivity index (χ0n) is 11.8. The Morgan fingerprint density at radius 3 is 2.47 bits per heavy atom. The van der Waals surface area contributed by atoms with Crippen molar-refractivity contribution in [1.29, 1.82) is 0 Å². The first-order chi connectivity index (χ1) is 8.38. The standard InChI is InChI=1S/C15H31NO/c1-3-5-13-17-15-11-9-7-6-8-10-14(15)16-12-4-2/h14-16H,3-13H2,1-2H3. The van der Waals surface area contributed by atoms with Crippen LogP contribution in [0, 0.1) is 0 Å². The molecule has 0 radical (unpaired) electrons. The second-order valence-corrected chi connectivity index (χ2v) is 5.31. The zero-order valence-corrected chi connectivity index (χ0v) is 11.8. The summed E-state index contributed by atoms with van der Waals surface area (Å²) in [5, 5.41) is 3.69. The highest BCUT2D eigenvalue weighted by molar-refractivity contribution is 4.79. The first-order valence-electron chi connectivity index (χ1n) is 7.73. The first-order valence-corrected chi connectivity index (χ1v) is 7.73. The van der Waals surface area contributed by atoms with Gasteiger partial charge in [0.2, 0.25) is 0 Å². The Kier molecular flexibility index (Phi) is 8.72. The van der Waals surface area contributed by atoms with Crippen LogP contribution in [0.25, 0.3) is 0 Å². The van der Waals surface area contributed by atoms with Crippen LogP contribution in [0.2, 0.25) is 0 Å². The van der Waals surface area contributed by atoms with E-state index in [0.29, 0.717) is 12.1 Å². The van der Waals surface area contributed by atoms with Gasteiger partial charge >= 0.3 is 0 Å². The summed E-state index contributed by atoms with van der Waals surface area (Å²) in [5.41, 5.74) is 0. The minimum atomic E-state index is 0.466. The Morgan fingerprint density at radius 1 is 1.00 bits per heavy atom. The van der Waals surface area contributed by atoms with Crippen molar-refractivity contribution >= 4 is 0 Å². The summed E-state index contributed by atoms with van der Waals surface area (Å²) in [5.74, 6) is 0. The normalized spacial score (nSPS) is 26.5. The summed E-state index contributed by atoms with van der Waals surface area (Å²) >= 11 is 0. The van der Waals surface area contributed by atoms with Gasteiger partial charge in [0.1, 0.15) is 0 Å². The molecule has 0 aromatic rings. The van der Waals surface area contributed by atoms with Crippen molar-refractivity contribution < 1.29 is 4.74 Å². The molecule has 0 spiro atoms. The van der Waals surface area contributed by atoms with E-state index in [2.05, 4.69) is 19.2 Å². The van der Waals surface area contributed by atoms with Crippen LogP contribution < -0.4 is 5.32 Å². The van der Waals surface area contributed by atoms with Crippen LogP contribution >= 0.6 is 0 Å². The zero-order chi connectivity index (χ0) is 12.3. The molecule has 1 fully saturated rings. The van der Waals surface area contributed by atoms with E-state index in [-0.39, 0.29) is 0 Å². The van der Waals surface area contributed by atoms with E-state index < -0.39 is 0 Å². The summed E-state index contributed by atoms with van der Waals surface area (Å²) in [6, 6.07) is 0.604. The largest absolute Gasteiger partial charge is 0.377 e. The predicted octanol–water partition coefficient (Wildman–Crippen LogP) is 3.89. The number of nitrogens with one attached hydrogen (secondary N) is 1. The van der Waals surface area contributed by atoms with E-state index in [1.807, 2.05) is 0 Å². The molecule has 0 aromatic carbocycles. The second kappa shape index (κ2) is 9.90. The number of hydrogen-bond acceptors (Lipinski definition) is 2.